The van der Waals surface area contributed by atoms with Crippen LogP contribution in [0.15, 0.2) is 0 Å². The zero-order chi connectivity index (χ0) is 9.84. The van der Waals surface area contributed by atoms with Crippen molar-refractivity contribution in [2.75, 3.05) is 6.54 Å². The lowest BCUT2D eigenvalue weighted by molar-refractivity contribution is -0.135. The van der Waals surface area contributed by atoms with Gasteiger partial charge in [-0.3, -0.25) is 4.79 Å². The van der Waals surface area contributed by atoms with E-state index in [0.29, 0.717) is 6.04 Å². The van der Waals surface area contributed by atoms with Crippen LogP contribution in [0.3, 0.4) is 0 Å². The Balaban J connectivity index is 2.53. The summed E-state index contributed by atoms with van der Waals surface area (Å²) in [7, 11) is 0. The number of hydrogen-bond donors (Lipinski definition) is 1. The third kappa shape index (κ3) is 2.44. The van der Waals surface area contributed by atoms with Crippen molar-refractivity contribution in [3.05, 3.63) is 0 Å². The molecule has 1 aliphatic heterocycles. The predicted molar refractivity (Wildman–Crippen MR) is 53.3 cm³/mol. The van der Waals surface area contributed by atoms with E-state index in [1.165, 1.54) is 6.42 Å². The summed E-state index contributed by atoms with van der Waals surface area (Å²) in [5.74, 6) is 0.134. The van der Waals surface area contributed by atoms with Crippen LogP contribution in [0.4, 0.5) is 0 Å². The minimum atomic E-state index is -0.291. The Bertz CT molecular complexity index is 182. The van der Waals surface area contributed by atoms with Gasteiger partial charge in [0.05, 0.1) is 6.04 Å². The van der Waals surface area contributed by atoms with E-state index < -0.39 is 0 Å². The smallest absolute Gasteiger partial charge is 0.239 e. The number of hydrogen-bond acceptors (Lipinski definition) is 2. The quantitative estimate of drug-likeness (QED) is 0.699. The minimum absolute atomic E-state index is 0.134. The van der Waals surface area contributed by atoms with Crippen LogP contribution in [-0.2, 0) is 4.79 Å². The molecule has 3 nitrogen and oxygen atoms in total. The maximum absolute atomic E-state index is 11.7. The second kappa shape index (κ2) is 4.61. The summed E-state index contributed by atoms with van der Waals surface area (Å²) in [5, 5.41) is 0. The fraction of sp³-hybridized carbons (Fsp3) is 0.900. The highest BCUT2D eigenvalue weighted by molar-refractivity contribution is 5.81. The number of amides is 1. The number of nitrogens with two attached hydrogens (primary N) is 1. The Morgan fingerprint density at radius 3 is 2.85 bits per heavy atom. The lowest BCUT2D eigenvalue weighted by Crippen LogP contribution is -2.49. The molecule has 1 fully saturated rings. The van der Waals surface area contributed by atoms with Gasteiger partial charge in [-0.15, -0.1) is 0 Å². The number of likely N-dealkylation sites (tertiary alicyclic amines) is 1. The second-order valence-corrected chi connectivity index (χ2v) is 3.89. The Labute approximate surface area is 80.3 Å². The summed E-state index contributed by atoms with van der Waals surface area (Å²) in [5.41, 5.74) is 5.72. The van der Waals surface area contributed by atoms with Crippen LogP contribution >= 0.6 is 0 Å². The van der Waals surface area contributed by atoms with E-state index in [1.807, 2.05) is 11.8 Å². The van der Waals surface area contributed by atoms with E-state index >= 15 is 0 Å². The van der Waals surface area contributed by atoms with Gasteiger partial charge < -0.3 is 10.6 Å². The number of carbonyl (C=O) groups excluding carboxylic acids is 1. The van der Waals surface area contributed by atoms with Gasteiger partial charge in [0.1, 0.15) is 0 Å². The van der Waals surface area contributed by atoms with Crippen LogP contribution in [-0.4, -0.2) is 29.4 Å². The fourth-order valence-corrected chi connectivity index (χ4v) is 1.81. The van der Waals surface area contributed by atoms with Gasteiger partial charge >= 0.3 is 0 Å². The van der Waals surface area contributed by atoms with Gasteiger partial charge in [-0.1, -0.05) is 6.92 Å². The normalized spacial score (nSPS) is 25.8. The van der Waals surface area contributed by atoms with Crippen molar-refractivity contribution in [3.63, 3.8) is 0 Å². The van der Waals surface area contributed by atoms with Gasteiger partial charge in [-0.25, -0.2) is 0 Å². The van der Waals surface area contributed by atoms with Crippen LogP contribution in [0, 0.1) is 0 Å². The molecule has 2 atom stereocenters. The molecule has 1 amide bonds. The molecule has 0 aromatic heterocycles. The second-order valence-electron chi connectivity index (χ2n) is 3.89. The molecule has 2 N–H and O–H groups in total. The van der Waals surface area contributed by atoms with Crippen molar-refractivity contribution in [3.8, 4) is 0 Å². The maximum Gasteiger partial charge on any atom is 0.239 e. The first-order valence-electron chi connectivity index (χ1n) is 5.23. The summed E-state index contributed by atoms with van der Waals surface area (Å²) in [4.78, 5) is 13.7. The van der Waals surface area contributed by atoms with Gasteiger partial charge in [0.15, 0.2) is 0 Å². The van der Waals surface area contributed by atoms with E-state index in [0.717, 1.165) is 25.8 Å². The topological polar surface area (TPSA) is 46.3 Å². The van der Waals surface area contributed by atoms with Crippen LogP contribution in [0.1, 0.15) is 39.5 Å². The first-order valence-corrected chi connectivity index (χ1v) is 5.23. The molecule has 0 spiro atoms. The molecule has 13 heavy (non-hydrogen) atoms. The molecule has 0 radical (unpaired) electrons. The van der Waals surface area contributed by atoms with Gasteiger partial charge in [0.25, 0.3) is 0 Å². The Hall–Kier alpha value is -0.570. The van der Waals surface area contributed by atoms with E-state index in [2.05, 4.69) is 6.92 Å². The average Bonchev–Trinajstić information content (AvgIpc) is 2.16. The highest BCUT2D eigenvalue weighted by atomic mass is 16.2. The lowest BCUT2D eigenvalue weighted by Gasteiger charge is -2.34. The third-order valence-corrected chi connectivity index (χ3v) is 2.84. The number of nitrogens with zero attached hydrogens (tertiary/aromatic N) is 1. The van der Waals surface area contributed by atoms with Crippen molar-refractivity contribution in [1.82, 2.24) is 4.90 Å². The Morgan fingerprint density at radius 2 is 2.31 bits per heavy atom. The van der Waals surface area contributed by atoms with E-state index in [4.69, 9.17) is 5.73 Å². The molecule has 3 heteroatoms. The monoisotopic (exact) mass is 184 g/mol. The van der Waals surface area contributed by atoms with Crippen molar-refractivity contribution in [2.45, 2.75) is 51.6 Å². The average molecular weight is 184 g/mol. The fourth-order valence-electron chi connectivity index (χ4n) is 1.81. The maximum atomic E-state index is 11.7. The SMILES string of the molecule is CC[C@H](N)C(=O)N1CCCCC1C. The third-order valence-electron chi connectivity index (χ3n) is 2.84. The first kappa shape index (κ1) is 10.5. The molecule has 1 unspecified atom stereocenters. The van der Waals surface area contributed by atoms with Gasteiger partial charge in [0, 0.05) is 12.6 Å². The van der Waals surface area contributed by atoms with Crippen LogP contribution < -0.4 is 5.73 Å². The van der Waals surface area contributed by atoms with Gasteiger partial charge in [0.2, 0.25) is 5.91 Å². The molecule has 1 saturated heterocycles. The summed E-state index contributed by atoms with van der Waals surface area (Å²) in [6.07, 6.45) is 4.24. The first-order chi connectivity index (χ1) is 6.16. The van der Waals surface area contributed by atoms with Crippen LogP contribution in [0.25, 0.3) is 0 Å². The molecule has 0 aromatic carbocycles. The highest BCUT2D eigenvalue weighted by Crippen LogP contribution is 2.17. The lowest BCUT2D eigenvalue weighted by atomic mass is 10.0. The Morgan fingerprint density at radius 1 is 1.62 bits per heavy atom. The van der Waals surface area contributed by atoms with Crippen LogP contribution in [0.2, 0.25) is 0 Å². The molecule has 0 aliphatic carbocycles. The molecule has 0 bridgehead atoms. The molecule has 76 valence electrons. The molecule has 0 aromatic rings. The number of carbonyl (C=O) groups is 1. The van der Waals surface area contributed by atoms with Crippen molar-refractivity contribution >= 4 is 5.91 Å². The van der Waals surface area contributed by atoms with E-state index in [-0.39, 0.29) is 11.9 Å². The molecular formula is C10H20N2O. The van der Waals surface area contributed by atoms with Crippen LogP contribution in [0.5, 0.6) is 0 Å². The largest absolute Gasteiger partial charge is 0.339 e. The summed E-state index contributed by atoms with van der Waals surface area (Å²) < 4.78 is 0. The molecule has 0 saturated carbocycles. The molecular weight excluding hydrogens is 164 g/mol. The Kier molecular flexibility index (Phi) is 3.72. The number of piperidine rings is 1. The van der Waals surface area contributed by atoms with Crippen molar-refractivity contribution < 1.29 is 4.79 Å². The van der Waals surface area contributed by atoms with E-state index in [1.54, 1.807) is 0 Å². The zero-order valence-corrected chi connectivity index (χ0v) is 8.62. The van der Waals surface area contributed by atoms with Gasteiger partial charge in [-0.2, -0.15) is 0 Å². The van der Waals surface area contributed by atoms with E-state index in [9.17, 15) is 4.79 Å². The standard InChI is InChI=1S/C10H20N2O/c1-3-9(11)10(13)12-7-5-4-6-8(12)2/h8-9H,3-7,11H2,1-2H3/t8?,9-/m0/s1. The van der Waals surface area contributed by atoms with Crippen molar-refractivity contribution in [1.29, 1.82) is 0 Å². The minimum Gasteiger partial charge on any atom is -0.339 e. The summed E-state index contributed by atoms with van der Waals surface area (Å²) in [6.45, 7) is 4.96. The molecule has 1 heterocycles. The highest BCUT2D eigenvalue weighted by Gasteiger charge is 2.25. The molecule has 1 aliphatic rings. The zero-order valence-electron chi connectivity index (χ0n) is 8.62. The van der Waals surface area contributed by atoms with Gasteiger partial charge in [-0.05, 0) is 32.6 Å². The summed E-state index contributed by atoms with van der Waals surface area (Å²) >= 11 is 0. The summed E-state index contributed by atoms with van der Waals surface area (Å²) in [6, 6.07) is 0.0967. The van der Waals surface area contributed by atoms with Crippen molar-refractivity contribution in [2.24, 2.45) is 5.73 Å². The molecule has 1 rings (SSSR count). The number of rotatable bonds is 2. The predicted octanol–water partition coefficient (Wildman–Crippen LogP) is 1.12.